The van der Waals surface area contributed by atoms with Gasteiger partial charge in [-0.2, -0.15) is 0 Å². The summed E-state index contributed by atoms with van der Waals surface area (Å²) in [5.74, 6) is 0.836. The van der Waals surface area contributed by atoms with Gasteiger partial charge in [0, 0.05) is 30.6 Å². The summed E-state index contributed by atoms with van der Waals surface area (Å²) < 4.78 is 12.3. The summed E-state index contributed by atoms with van der Waals surface area (Å²) in [6.07, 6.45) is 5.76. The Balaban J connectivity index is 1.44. The normalized spacial score (nSPS) is 34.3. The molecule has 0 amide bonds. The lowest BCUT2D eigenvalue weighted by Gasteiger charge is -2.30. The molecular formula is C16H23NO2S. The summed E-state index contributed by atoms with van der Waals surface area (Å²) in [5, 5.41) is 2.17. The van der Waals surface area contributed by atoms with Crippen LogP contribution in [0.5, 0.6) is 0 Å². The molecule has 2 saturated carbocycles. The second-order valence-corrected chi connectivity index (χ2v) is 7.38. The van der Waals surface area contributed by atoms with Crippen molar-refractivity contribution in [2.24, 2.45) is 5.92 Å². The first-order valence-electron chi connectivity index (χ1n) is 7.90. The van der Waals surface area contributed by atoms with Crippen LogP contribution in [0.15, 0.2) is 17.5 Å². The minimum absolute atomic E-state index is 0.304. The average Bonchev–Trinajstić information content (AvgIpc) is 3.00. The van der Waals surface area contributed by atoms with Crippen molar-refractivity contribution in [3.05, 3.63) is 22.4 Å². The molecule has 2 bridgehead atoms. The molecule has 2 aliphatic carbocycles. The lowest BCUT2D eigenvalue weighted by molar-refractivity contribution is -0.0571. The maximum Gasteiger partial charge on any atom is 0.0991 e. The minimum atomic E-state index is 0.304. The Bertz CT molecular complexity index is 432. The predicted molar refractivity (Wildman–Crippen MR) is 80.0 cm³/mol. The number of hydrogen-bond acceptors (Lipinski definition) is 4. The third kappa shape index (κ3) is 2.80. The van der Waals surface area contributed by atoms with E-state index in [2.05, 4.69) is 22.4 Å². The number of thiophene rings is 1. The van der Waals surface area contributed by atoms with Crippen LogP contribution in [0.3, 0.4) is 0 Å². The van der Waals surface area contributed by atoms with Crippen LogP contribution in [0.25, 0.3) is 0 Å². The maximum atomic E-state index is 6.26. The van der Waals surface area contributed by atoms with Crippen molar-refractivity contribution >= 4 is 11.3 Å². The summed E-state index contributed by atoms with van der Waals surface area (Å²) in [6, 6.07) is 4.94. The van der Waals surface area contributed by atoms with Crippen LogP contribution in [0, 0.1) is 5.92 Å². The van der Waals surface area contributed by atoms with E-state index in [9.17, 15) is 0 Å². The van der Waals surface area contributed by atoms with Gasteiger partial charge in [0.2, 0.25) is 0 Å². The van der Waals surface area contributed by atoms with Crippen molar-refractivity contribution in [2.45, 2.75) is 50.5 Å². The summed E-state index contributed by atoms with van der Waals surface area (Å²) in [5.41, 5.74) is 0. The molecule has 1 aromatic heterocycles. The van der Waals surface area contributed by atoms with E-state index in [1.54, 1.807) is 0 Å². The van der Waals surface area contributed by atoms with Crippen LogP contribution >= 0.6 is 11.3 Å². The largest absolute Gasteiger partial charge is 0.374 e. The smallest absolute Gasteiger partial charge is 0.0991 e. The summed E-state index contributed by atoms with van der Waals surface area (Å²) in [6.45, 7) is 3.91. The van der Waals surface area contributed by atoms with E-state index in [4.69, 9.17) is 9.47 Å². The Morgan fingerprint density at radius 1 is 1.30 bits per heavy atom. The highest BCUT2D eigenvalue weighted by Gasteiger charge is 2.43. The van der Waals surface area contributed by atoms with Crippen molar-refractivity contribution in [1.29, 1.82) is 0 Å². The van der Waals surface area contributed by atoms with Crippen molar-refractivity contribution in [2.75, 3.05) is 19.8 Å². The van der Waals surface area contributed by atoms with E-state index in [0.717, 1.165) is 32.2 Å². The van der Waals surface area contributed by atoms with Gasteiger partial charge < -0.3 is 9.47 Å². The molecule has 4 heteroatoms. The molecule has 3 aliphatic rings. The Labute approximate surface area is 124 Å². The van der Waals surface area contributed by atoms with Crippen molar-refractivity contribution in [1.82, 2.24) is 4.90 Å². The van der Waals surface area contributed by atoms with Gasteiger partial charge in [0.15, 0.2) is 0 Å². The van der Waals surface area contributed by atoms with Gasteiger partial charge in [0.05, 0.1) is 18.8 Å². The molecule has 110 valence electrons. The van der Waals surface area contributed by atoms with Gasteiger partial charge in [-0.05, 0) is 43.0 Å². The molecule has 3 nitrogen and oxygen atoms in total. The Kier molecular flexibility index (Phi) is 3.82. The predicted octanol–water partition coefficient (Wildman–Crippen LogP) is 2.91. The van der Waals surface area contributed by atoms with Gasteiger partial charge in [0.1, 0.15) is 0 Å². The van der Waals surface area contributed by atoms with Gasteiger partial charge in [-0.3, -0.25) is 4.90 Å². The highest BCUT2D eigenvalue weighted by Crippen LogP contribution is 2.36. The highest BCUT2D eigenvalue weighted by atomic mass is 32.1. The zero-order valence-corrected chi connectivity index (χ0v) is 12.7. The molecule has 0 aromatic carbocycles. The molecule has 2 heterocycles. The fourth-order valence-electron chi connectivity index (χ4n) is 3.52. The third-order valence-electron chi connectivity index (χ3n) is 4.83. The number of nitrogens with zero attached hydrogens (tertiary/aromatic N) is 1. The second kappa shape index (κ2) is 5.76. The Morgan fingerprint density at radius 2 is 2.25 bits per heavy atom. The van der Waals surface area contributed by atoms with Gasteiger partial charge in [-0.25, -0.2) is 0 Å². The average molecular weight is 293 g/mol. The molecule has 0 spiro atoms. The van der Waals surface area contributed by atoms with Crippen molar-refractivity contribution in [3.63, 3.8) is 0 Å². The monoisotopic (exact) mass is 293 g/mol. The fraction of sp³-hybridized carbons (Fsp3) is 0.750. The summed E-state index contributed by atoms with van der Waals surface area (Å²) >= 11 is 1.86. The molecule has 3 atom stereocenters. The summed E-state index contributed by atoms with van der Waals surface area (Å²) in [7, 11) is 0. The first-order chi connectivity index (χ1) is 9.90. The van der Waals surface area contributed by atoms with Crippen LogP contribution in [0.1, 0.15) is 30.6 Å². The second-order valence-electron chi connectivity index (χ2n) is 6.35. The number of hydrogen-bond donors (Lipinski definition) is 0. The zero-order valence-electron chi connectivity index (χ0n) is 11.9. The third-order valence-corrected chi connectivity index (χ3v) is 5.69. The van der Waals surface area contributed by atoms with Gasteiger partial charge in [0.25, 0.3) is 0 Å². The van der Waals surface area contributed by atoms with Crippen molar-refractivity contribution in [3.8, 4) is 0 Å². The van der Waals surface area contributed by atoms with Crippen LogP contribution in [-0.4, -0.2) is 42.9 Å². The minimum Gasteiger partial charge on any atom is -0.374 e. The highest BCUT2D eigenvalue weighted by molar-refractivity contribution is 7.09. The first kappa shape index (κ1) is 13.3. The lowest BCUT2D eigenvalue weighted by atomic mass is 10.1. The molecular weight excluding hydrogens is 270 g/mol. The number of ether oxygens (including phenoxy) is 2. The quantitative estimate of drug-likeness (QED) is 0.833. The lowest BCUT2D eigenvalue weighted by Crippen LogP contribution is -2.43. The van der Waals surface area contributed by atoms with E-state index < -0.39 is 0 Å². The van der Waals surface area contributed by atoms with E-state index >= 15 is 0 Å². The molecule has 1 saturated heterocycles. The van der Waals surface area contributed by atoms with Crippen molar-refractivity contribution < 1.29 is 9.47 Å². The van der Waals surface area contributed by atoms with Gasteiger partial charge >= 0.3 is 0 Å². The molecule has 3 fully saturated rings. The SMILES string of the molecule is c1csc(CN2CCO[C@H]3CC[C@H]2[C@H]3OCC2CC2)c1. The molecule has 0 radical (unpaired) electrons. The zero-order chi connectivity index (χ0) is 13.4. The molecule has 4 rings (SSSR count). The van der Waals surface area contributed by atoms with Gasteiger partial charge in [-0.15, -0.1) is 11.3 Å². The number of fused-ring (bicyclic) bond motifs is 2. The standard InChI is InChI=1S/C16H23NO2S/c1-2-13(20-9-1)10-17-7-8-18-15-6-5-14(17)16(15)19-11-12-3-4-12/h1-2,9,12,14-16H,3-8,10-11H2/t14-,15-,16+/m0/s1. The van der Waals surface area contributed by atoms with Crippen LogP contribution in [-0.2, 0) is 16.0 Å². The van der Waals surface area contributed by atoms with E-state index in [1.165, 1.54) is 30.6 Å². The van der Waals surface area contributed by atoms with Crippen LogP contribution < -0.4 is 0 Å². The first-order valence-corrected chi connectivity index (χ1v) is 8.78. The van der Waals surface area contributed by atoms with Gasteiger partial charge in [-0.1, -0.05) is 6.07 Å². The molecule has 20 heavy (non-hydrogen) atoms. The Morgan fingerprint density at radius 3 is 3.05 bits per heavy atom. The van der Waals surface area contributed by atoms with E-state index in [-0.39, 0.29) is 0 Å². The molecule has 0 N–H and O–H groups in total. The fourth-order valence-corrected chi connectivity index (χ4v) is 4.25. The molecule has 1 aliphatic heterocycles. The molecule has 1 aromatic rings. The van der Waals surface area contributed by atoms with E-state index in [1.807, 2.05) is 11.3 Å². The summed E-state index contributed by atoms with van der Waals surface area (Å²) in [4.78, 5) is 4.05. The Hall–Kier alpha value is -0.420. The molecule has 0 unspecified atom stereocenters. The van der Waals surface area contributed by atoms with Crippen LogP contribution in [0.4, 0.5) is 0 Å². The topological polar surface area (TPSA) is 21.7 Å². The van der Waals surface area contributed by atoms with Crippen LogP contribution in [0.2, 0.25) is 0 Å². The number of rotatable bonds is 5. The van der Waals surface area contributed by atoms with E-state index in [0.29, 0.717) is 18.2 Å². The maximum absolute atomic E-state index is 6.26.